The van der Waals surface area contributed by atoms with E-state index < -0.39 is 0 Å². The predicted octanol–water partition coefficient (Wildman–Crippen LogP) is 0.944. The lowest BCUT2D eigenvalue weighted by Crippen LogP contribution is -2.38. The number of nitrogens with one attached hydrogen (secondary N) is 1. The van der Waals surface area contributed by atoms with E-state index in [1.165, 1.54) is 0 Å². The summed E-state index contributed by atoms with van der Waals surface area (Å²) in [7, 11) is 0. The third kappa shape index (κ3) is 2.46. The van der Waals surface area contributed by atoms with Crippen LogP contribution in [-0.2, 0) is 0 Å². The Kier molecular flexibility index (Phi) is 3.52. The summed E-state index contributed by atoms with van der Waals surface area (Å²) in [5.41, 5.74) is 8.30. The molecule has 0 atom stereocenters. The summed E-state index contributed by atoms with van der Waals surface area (Å²) in [5.74, 6) is 0.841. The van der Waals surface area contributed by atoms with Crippen molar-refractivity contribution in [1.82, 2.24) is 4.98 Å². The van der Waals surface area contributed by atoms with E-state index in [1.807, 2.05) is 19.9 Å². The van der Waals surface area contributed by atoms with Crippen LogP contribution in [0, 0.1) is 19.3 Å². The van der Waals surface area contributed by atoms with Gasteiger partial charge >= 0.3 is 0 Å². The SMILES string of the molecule is Cc1cc(C)c(C(=N)N)c(N2CCC(O)CC2)n1. The molecule has 0 saturated carbocycles. The summed E-state index contributed by atoms with van der Waals surface area (Å²) in [4.78, 5) is 6.64. The van der Waals surface area contributed by atoms with Gasteiger partial charge in [-0.15, -0.1) is 0 Å². The molecule has 5 nitrogen and oxygen atoms in total. The second-order valence-electron chi connectivity index (χ2n) is 4.91. The molecule has 4 N–H and O–H groups in total. The average Bonchev–Trinajstić information content (AvgIpc) is 2.28. The van der Waals surface area contributed by atoms with E-state index in [4.69, 9.17) is 11.1 Å². The molecule has 5 heteroatoms. The van der Waals surface area contributed by atoms with E-state index in [-0.39, 0.29) is 11.9 Å². The zero-order valence-corrected chi connectivity index (χ0v) is 10.9. The smallest absolute Gasteiger partial charge is 0.140 e. The maximum absolute atomic E-state index is 9.55. The summed E-state index contributed by atoms with van der Waals surface area (Å²) < 4.78 is 0. The number of aliphatic hydroxyl groups is 1. The van der Waals surface area contributed by atoms with Crippen LogP contribution >= 0.6 is 0 Å². The highest BCUT2D eigenvalue weighted by molar-refractivity contribution is 6.01. The summed E-state index contributed by atoms with van der Waals surface area (Å²) in [6, 6.07) is 1.94. The van der Waals surface area contributed by atoms with Crippen molar-refractivity contribution in [2.75, 3.05) is 18.0 Å². The number of anilines is 1. The minimum atomic E-state index is -0.215. The molecule has 2 rings (SSSR count). The largest absolute Gasteiger partial charge is 0.393 e. The van der Waals surface area contributed by atoms with Crippen LogP contribution in [0.4, 0.5) is 5.82 Å². The van der Waals surface area contributed by atoms with Crippen molar-refractivity contribution in [3.05, 3.63) is 22.9 Å². The first-order valence-corrected chi connectivity index (χ1v) is 6.24. The van der Waals surface area contributed by atoms with Crippen LogP contribution in [0.15, 0.2) is 6.07 Å². The molecule has 2 heterocycles. The topological polar surface area (TPSA) is 86.2 Å². The van der Waals surface area contributed by atoms with E-state index in [0.29, 0.717) is 0 Å². The molecule has 1 aliphatic heterocycles. The van der Waals surface area contributed by atoms with Gasteiger partial charge < -0.3 is 15.7 Å². The molecule has 0 unspecified atom stereocenters. The number of aliphatic hydroxyl groups excluding tert-OH is 1. The lowest BCUT2D eigenvalue weighted by Gasteiger charge is -2.32. The molecule has 0 spiro atoms. The lowest BCUT2D eigenvalue weighted by atomic mass is 10.0. The van der Waals surface area contributed by atoms with Crippen LogP contribution in [0.25, 0.3) is 0 Å². The summed E-state index contributed by atoms with van der Waals surface area (Å²) in [6.07, 6.45) is 1.27. The fourth-order valence-corrected chi connectivity index (χ4v) is 2.46. The van der Waals surface area contributed by atoms with Gasteiger partial charge in [-0.2, -0.15) is 0 Å². The minimum Gasteiger partial charge on any atom is -0.393 e. The summed E-state index contributed by atoms with van der Waals surface area (Å²) >= 11 is 0. The first-order valence-electron chi connectivity index (χ1n) is 6.24. The van der Waals surface area contributed by atoms with Crippen molar-refractivity contribution in [3.8, 4) is 0 Å². The predicted molar refractivity (Wildman–Crippen MR) is 72.2 cm³/mol. The van der Waals surface area contributed by atoms with Crippen LogP contribution in [0.2, 0.25) is 0 Å². The van der Waals surface area contributed by atoms with Crippen LogP contribution in [-0.4, -0.2) is 35.1 Å². The van der Waals surface area contributed by atoms with E-state index in [2.05, 4.69) is 9.88 Å². The number of nitrogens with zero attached hydrogens (tertiary/aromatic N) is 2. The Balaban J connectivity index is 2.39. The Hall–Kier alpha value is -1.62. The standard InChI is InChI=1S/C13H20N4O/c1-8-7-9(2)16-13(11(8)12(14)15)17-5-3-10(18)4-6-17/h7,10,18H,3-6H2,1-2H3,(H3,14,15). The van der Waals surface area contributed by atoms with E-state index in [9.17, 15) is 5.11 Å². The molecule has 18 heavy (non-hydrogen) atoms. The van der Waals surface area contributed by atoms with E-state index in [1.54, 1.807) is 0 Å². The number of amidine groups is 1. The number of pyridine rings is 1. The third-order valence-electron chi connectivity index (χ3n) is 3.36. The monoisotopic (exact) mass is 248 g/mol. The Labute approximate surface area is 107 Å². The van der Waals surface area contributed by atoms with Crippen molar-refractivity contribution in [2.45, 2.75) is 32.8 Å². The normalized spacial score (nSPS) is 16.9. The first-order chi connectivity index (χ1) is 8.49. The van der Waals surface area contributed by atoms with Gasteiger partial charge in [0.05, 0.1) is 11.7 Å². The fraction of sp³-hybridized carbons (Fsp3) is 0.538. The lowest BCUT2D eigenvalue weighted by molar-refractivity contribution is 0.145. The van der Waals surface area contributed by atoms with Crippen LogP contribution in [0.1, 0.15) is 29.7 Å². The van der Waals surface area contributed by atoms with Gasteiger partial charge in [0.25, 0.3) is 0 Å². The quantitative estimate of drug-likeness (QED) is 0.537. The number of piperidine rings is 1. The number of nitrogens with two attached hydrogens (primary N) is 1. The number of hydrogen-bond donors (Lipinski definition) is 3. The van der Waals surface area contributed by atoms with Crippen LogP contribution in [0.3, 0.4) is 0 Å². The van der Waals surface area contributed by atoms with Crippen LogP contribution in [0.5, 0.6) is 0 Å². The van der Waals surface area contributed by atoms with Gasteiger partial charge in [-0.1, -0.05) is 0 Å². The summed E-state index contributed by atoms with van der Waals surface area (Å²) in [5, 5.41) is 17.3. The van der Waals surface area contributed by atoms with Crippen molar-refractivity contribution < 1.29 is 5.11 Å². The Morgan fingerprint density at radius 1 is 1.44 bits per heavy atom. The average molecular weight is 248 g/mol. The van der Waals surface area contributed by atoms with Crippen LogP contribution < -0.4 is 10.6 Å². The number of hydrogen-bond acceptors (Lipinski definition) is 4. The molecule has 1 aromatic heterocycles. The molecule has 0 bridgehead atoms. The van der Waals surface area contributed by atoms with Crippen molar-refractivity contribution >= 4 is 11.7 Å². The number of aryl methyl sites for hydroxylation is 2. The highest BCUT2D eigenvalue weighted by Gasteiger charge is 2.22. The molecule has 0 radical (unpaired) electrons. The van der Waals surface area contributed by atoms with Gasteiger partial charge in [-0.3, -0.25) is 5.41 Å². The maximum Gasteiger partial charge on any atom is 0.140 e. The number of aromatic nitrogens is 1. The second kappa shape index (κ2) is 4.94. The fourth-order valence-electron chi connectivity index (χ4n) is 2.46. The molecular weight excluding hydrogens is 228 g/mol. The Morgan fingerprint density at radius 2 is 2.06 bits per heavy atom. The van der Waals surface area contributed by atoms with E-state index >= 15 is 0 Å². The van der Waals surface area contributed by atoms with Crippen molar-refractivity contribution in [2.24, 2.45) is 5.73 Å². The van der Waals surface area contributed by atoms with Gasteiger partial charge in [0.1, 0.15) is 11.7 Å². The molecule has 0 amide bonds. The van der Waals surface area contributed by atoms with Gasteiger partial charge in [0.2, 0.25) is 0 Å². The Bertz CT molecular complexity index is 464. The molecular formula is C13H20N4O. The molecule has 98 valence electrons. The Morgan fingerprint density at radius 3 is 2.61 bits per heavy atom. The maximum atomic E-state index is 9.55. The molecule has 1 fully saturated rings. The number of rotatable bonds is 2. The van der Waals surface area contributed by atoms with Crippen molar-refractivity contribution in [1.29, 1.82) is 5.41 Å². The first kappa shape index (κ1) is 12.8. The second-order valence-corrected chi connectivity index (χ2v) is 4.91. The van der Waals surface area contributed by atoms with E-state index in [0.717, 1.165) is 48.6 Å². The zero-order chi connectivity index (χ0) is 13.3. The molecule has 1 aliphatic rings. The third-order valence-corrected chi connectivity index (χ3v) is 3.36. The van der Waals surface area contributed by atoms with Gasteiger partial charge in [0, 0.05) is 18.8 Å². The van der Waals surface area contributed by atoms with Crippen molar-refractivity contribution in [3.63, 3.8) is 0 Å². The van der Waals surface area contributed by atoms with Gasteiger partial charge in [-0.25, -0.2) is 4.98 Å². The van der Waals surface area contributed by atoms with Gasteiger partial charge in [0.15, 0.2) is 0 Å². The number of nitrogen functional groups attached to an aromatic ring is 1. The highest BCUT2D eigenvalue weighted by Crippen LogP contribution is 2.25. The molecule has 0 aromatic carbocycles. The minimum absolute atomic E-state index is 0.0566. The molecule has 0 aliphatic carbocycles. The van der Waals surface area contributed by atoms with Gasteiger partial charge in [-0.05, 0) is 38.3 Å². The highest BCUT2D eigenvalue weighted by atomic mass is 16.3. The zero-order valence-electron chi connectivity index (χ0n) is 10.9. The summed E-state index contributed by atoms with van der Waals surface area (Å²) in [6.45, 7) is 5.42. The molecule has 1 saturated heterocycles. The molecule has 1 aromatic rings.